The molecular weight excluding hydrogens is 361 g/mol. The minimum Gasteiger partial charge on any atom is -0.345 e. The van der Waals surface area contributed by atoms with Crippen LogP contribution in [0.4, 0.5) is 4.39 Å². The van der Waals surface area contributed by atoms with E-state index in [0.717, 1.165) is 30.0 Å². The zero-order valence-corrected chi connectivity index (χ0v) is 15.4. The smallest absolute Gasteiger partial charge is 0.271 e. The summed E-state index contributed by atoms with van der Waals surface area (Å²) in [5.74, 6) is -0.816. The van der Waals surface area contributed by atoms with Crippen molar-refractivity contribution in [2.75, 3.05) is 13.1 Å². The molecule has 0 saturated carbocycles. The molecule has 0 spiro atoms. The maximum absolute atomic E-state index is 14.7. The number of pyridine rings is 1. The van der Waals surface area contributed by atoms with E-state index in [1.54, 1.807) is 10.7 Å². The number of rotatable bonds is 3. The standard InChI is InChI=1S/C19H18FN7O/c1-10-3-15(25-27-7-11(2)22-17(10)27)12-4-14(20)18-24-16(9-26(18)8-12)19(28)23-13-5-21-6-13/h3-4,7-9,13,21H,5-6H2,1-2H3,(H,23,28). The molecule has 0 bridgehead atoms. The first-order valence-electron chi connectivity index (χ1n) is 9.02. The molecule has 5 rings (SSSR count). The number of carbonyl (C=O) groups is 1. The highest BCUT2D eigenvalue weighted by molar-refractivity contribution is 5.93. The van der Waals surface area contributed by atoms with Gasteiger partial charge >= 0.3 is 0 Å². The zero-order valence-electron chi connectivity index (χ0n) is 15.4. The van der Waals surface area contributed by atoms with E-state index in [1.807, 2.05) is 26.1 Å². The molecule has 9 heteroatoms. The van der Waals surface area contributed by atoms with Gasteiger partial charge in [-0.05, 0) is 31.5 Å². The number of nitrogens with zero attached hydrogens (tertiary/aromatic N) is 5. The summed E-state index contributed by atoms with van der Waals surface area (Å²) in [6, 6.07) is 3.35. The third kappa shape index (κ3) is 2.71. The van der Waals surface area contributed by atoms with Crippen LogP contribution in [0.3, 0.4) is 0 Å². The molecule has 4 aromatic heterocycles. The summed E-state index contributed by atoms with van der Waals surface area (Å²) >= 11 is 0. The molecule has 1 amide bonds. The Kier molecular flexibility index (Phi) is 3.66. The molecule has 0 radical (unpaired) electrons. The second kappa shape index (κ2) is 6.10. The lowest BCUT2D eigenvalue weighted by Gasteiger charge is -2.27. The lowest BCUT2D eigenvalue weighted by molar-refractivity contribution is 0.0919. The van der Waals surface area contributed by atoms with E-state index < -0.39 is 5.82 Å². The van der Waals surface area contributed by atoms with Crippen molar-refractivity contribution in [2.45, 2.75) is 19.9 Å². The number of imidazole rings is 2. The van der Waals surface area contributed by atoms with Crippen molar-refractivity contribution < 1.29 is 9.18 Å². The third-order valence-corrected chi connectivity index (χ3v) is 4.88. The van der Waals surface area contributed by atoms with Crippen LogP contribution in [0.1, 0.15) is 21.7 Å². The van der Waals surface area contributed by atoms with Crippen molar-refractivity contribution in [3.63, 3.8) is 0 Å². The first-order chi connectivity index (χ1) is 13.5. The van der Waals surface area contributed by atoms with Crippen LogP contribution in [0, 0.1) is 19.7 Å². The molecule has 1 saturated heterocycles. The van der Waals surface area contributed by atoms with Gasteiger partial charge in [-0.15, -0.1) is 0 Å². The van der Waals surface area contributed by atoms with Gasteiger partial charge in [0, 0.05) is 31.0 Å². The third-order valence-electron chi connectivity index (χ3n) is 4.88. The van der Waals surface area contributed by atoms with Crippen LogP contribution in [0.15, 0.2) is 30.7 Å². The van der Waals surface area contributed by atoms with Crippen LogP contribution < -0.4 is 10.6 Å². The van der Waals surface area contributed by atoms with Gasteiger partial charge in [-0.1, -0.05) is 0 Å². The van der Waals surface area contributed by atoms with Crippen LogP contribution in [0.5, 0.6) is 0 Å². The molecule has 1 aliphatic heterocycles. The number of hydrogen-bond acceptors (Lipinski definition) is 5. The van der Waals surface area contributed by atoms with Crippen molar-refractivity contribution in [3.05, 3.63) is 53.5 Å². The minimum absolute atomic E-state index is 0.0928. The van der Waals surface area contributed by atoms with Gasteiger partial charge in [0.2, 0.25) is 0 Å². The van der Waals surface area contributed by atoms with Crippen LogP contribution in [0.2, 0.25) is 0 Å². The van der Waals surface area contributed by atoms with E-state index in [2.05, 4.69) is 25.7 Å². The van der Waals surface area contributed by atoms with Gasteiger partial charge in [0.25, 0.3) is 5.91 Å². The molecule has 0 aromatic carbocycles. The van der Waals surface area contributed by atoms with Gasteiger partial charge < -0.3 is 15.0 Å². The molecule has 8 nitrogen and oxygen atoms in total. The molecule has 0 unspecified atom stereocenters. The average molecular weight is 379 g/mol. The Balaban J connectivity index is 1.56. The maximum Gasteiger partial charge on any atom is 0.271 e. The highest BCUT2D eigenvalue weighted by Gasteiger charge is 2.22. The summed E-state index contributed by atoms with van der Waals surface area (Å²) in [6.07, 6.45) is 5.09. The number of hydrogen-bond donors (Lipinski definition) is 2. The largest absolute Gasteiger partial charge is 0.345 e. The molecule has 2 N–H and O–H groups in total. The Labute approximate surface area is 159 Å². The number of fused-ring (bicyclic) bond motifs is 2. The molecule has 4 aromatic rings. The summed E-state index contributed by atoms with van der Waals surface area (Å²) in [5, 5.41) is 10.5. The highest BCUT2D eigenvalue weighted by Crippen LogP contribution is 2.23. The van der Waals surface area contributed by atoms with Crippen LogP contribution in [-0.4, -0.2) is 49.0 Å². The van der Waals surface area contributed by atoms with Crippen molar-refractivity contribution in [3.8, 4) is 11.3 Å². The normalized spacial score (nSPS) is 14.5. The number of carbonyl (C=O) groups excluding carboxylic acids is 1. The molecule has 0 atom stereocenters. The van der Waals surface area contributed by atoms with Crippen LogP contribution >= 0.6 is 0 Å². The Hall–Kier alpha value is -3.33. The summed E-state index contributed by atoms with van der Waals surface area (Å²) in [7, 11) is 0. The predicted octanol–water partition coefficient (Wildman–Crippen LogP) is 1.50. The summed E-state index contributed by atoms with van der Waals surface area (Å²) < 4.78 is 17.9. The van der Waals surface area contributed by atoms with E-state index >= 15 is 0 Å². The molecule has 5 heterocycles. The number of aromatic nitrogens is 5. The van der Waals surface area contributed by atoms with Gasteiger partial charge in [-0.25, -0.2) is 18.9 Å². The number of halogens is 1. The zero-order chi connectivity index (χ0) is 19.4. The summed E-state index contributed by atoms with van der Waals surface area (Å²) in [4.78, 5) is 20.9. The SMILES string of the molecule is Cc1cn2nc(-c3cc(F)c4nc(C(=O)NC5CNC5)cn4c3)cc(C)c2n1. The highest BCUT2D eigenvalue weighted by atomic mass is 19.1. The molecule has 28 heavy (non-hydrogen) atoms. The fourth-order valence-corrected chi connectivity index (χ4v) is 3.34. The average Bonchev–Trinajstić information content (AvgIpc) is 3.21. The van der Waals surface area contributed by atoms with Gasteiger partial charge in [0.1, 0.15) is 5.69 Å². The molecule has 0 aliphatic carbocycles. The fraction of sp³-hybridized carbons (Fsp3) is 0.263. The van der Waals surface area contributed by atoms with Crippen LogP contribution in [-0.2, 0) is 0 Å². The quantitative estimate of drug-likeness (QED) is 0.563. The Morgan fingerprint density at radius 3 is 2.75 bits per heavy atom. The second-order valence-corrected chi connectivity index (χ2v) is 7.13. The minimum atomic E-state index is -0.511. The summed E-state index contributed by atoms with van der Waals surface area (Å²) in [5.41, 5.74) is 4.08. The molecule has 1 fully saturated rings. The van der Waals surface area contributed by atoms with E-state index in [1.165, 1.54) is 16.7 Å². The first-order valence-corrected chi connectivity index (χ1v) is 9.02. The Bertz CT molecular complexity index is 1240. The summed E-state index contributed by atoms with van der Waals surface area (Å²) in [6.45, 7) is 5.31. The van der Waals surface area contributed by atoms with Gasteiger partial charge in [-0.3, -0.25) is 4.79 Å². The van der Waals surface area contributed by atoms with Crippen LogP contribution in [0.25, 0.3) is 22.6 Å². The van der Waals surface area contributed by atoms with E-state index in [4.69, 9.17) is 0 Å². The van der Waals surface area contributed by atoms with E-state index in [9.17, 15) is 9.18 Å². The Morgan fingerprint density at radius 1 is 1.18 bits per heavy atom. The molecule has 1 aliphatic rings. The van der Waals surface area contributed by atoms with E-state index in [0.29, 0.717) is 11.3 Å². The fourth-order valence-electron chi connectivity index (χ4n) is 3.34. The maximum atomic E-state index is 14.7. The molecule has 142 valence electrons. The number of amides is 1. The molecular formula is C19H18FN7O. The second-order valence-electron chi connectivity index (χ2n) is 7.13. The van der Waals surface area contributed by atoms with Crippen molar-refractivity contribution in [1.82, 2.24) is 34.6 Å². The Morgan fingerprint density at radius 2 is 2.00 bits per heavy atom. The lowest BCUT2D eigenvalue weighted by atomic mass is 10.1. The number of aryl methyl sites for hydroxylation is 2. The van der Waals surface area contributed by atoms with Crippen molar-refractivity contribution in [1.29, 1.82) is 0 Å². The van der Waals surface area contributed by atoms with E-state index in [-0.39, 0.29) is 23.3 Å². The van der Waals surface area contributed by atoms with Gasteiger partial charge in [0.05, 0.1) is 23.6 Å². The predicted molar refractivity (Wildman–Crippen MR) is 101 cm³/mol. The topological polar surface area (TPSA) is 88.6 Å². The van der Waals surface area contributed by atoms with Gasteiger partial charge in [-0.2, -0.15) is 5.10 Å². The first kappa shape index (κ1) is 16.8. The van der Waals surface area contributed by atoms with Crippen molar-refractivity contribution in [2.24, 2.45) is 0 Å². The van der Waals surface area contributed by atoms with Crippen molar-refractivity contribution >= 4 is 17.2 Å². The van der Waals surface area contributed by atoms with Gasteiger partial charge in [0.15, 0.2) is 17.1 Å². The lowest BCUT2D eigenvalue weighted by Crippen LogP contribution is -2.56. The number of nitrogens with one attached hydrogen (secondary N) is 2. The monoisotopic (exact) mass is 379 g/mol.